The van der Waals surface area contributed by atoms with Crippen LogP contribution < -0.4 is 5.73 Å². The number of anilines is 1. The largest absolute Gasteiger partial charge is 0.397 e. The number of hydrogen-bond donors (Lipinski definition) is 1. The number of fused-ring (bicyclic) bond motifs is 1. The number of nitrogens with zero attached hydrogens (tertiary/aromatic N) is 7. The maximum absolute atomic E-state index is 11.9. The van der Waals surface area contributed by atoms with Crippen LogP contribution in [0.2, 0.25) is 0 Å². The van der Waals surface area contributed by atoms with Gasteiger partial charge in [-0.15, -0.1) is 0 Å². The Morgan fingerprint density at radius 3 is 2.76 bits per heavy atom. The zero-order valence-electron chi connectivity index (χ0n) is 17.8. The van der Waals surface area contributed by atoms with Gasteiger partial charge in [-0.25, -0.2) is 13.4 Å². The third-order valence-electron chi connectivity index (χ3n) is 5.79. The molecule has 5 rings (SSSR count). The van der Waals surface area contributed by atoms with Crippen LogP contribution in [0.3, 0.4) is 0 Å². The summed E-state index contributed by atoms with van der Waals surface area (Å²) in [6, 6.07) is 11.4. The fourth-order valence-electron chi connectivity index (χ4n) is 4.06. The van der Waals surface area contributed by atoms with Crippen molar-refractivity contribution in [2.24, 2.45) is 0 Å². The molecule has 0 atom stereocenters. The van der Waals surface area contributed by atoms with E-state index in [1.165, 1.54) is 4.31 Å². The van der Waals surface area contributed by atoms with Crippen LogP contribution in [0.5, 0.6) is 0 Å². The number of nitrogens with two attached hydrogens (primary N) is 1. The van der Waals surface area contributed by atoms with Gasteiger partial charge in [0.2, 0.25) is 10.0 Å². The van der Waals surface area contributed by atoms with E-state index in [1.807, 2.05) is 24.3 Å². The molecule has 1 aliphatic heterocycles. The molecule has 0 amide bonds. The molecule has 0 unspecified atom stereocenters. The van der Waals surface area contributed by atoms with E-state index in [2.05, 4.69) is 16.0 Å². The number of hydrogen-bond acceptors (Lipinski definition) is 8. The van der Waals surface area contributed by atoms with Crippen LogP contribution in [0.1, 0.15) is 6.42 Å². The third-order valence-corrected chi connectivity index (χ3v) is 6.99. The number of sulfonamides is 1. The Balaban J connectivity index is 1.60. The van der Waals surface area contributed by atoms with Gasteiger partial charge in [-0.05, 0) is 30.3 Å². The molecular formula is C22H20N8O2S. The number of rotatable bonds is 5. The molecule has 11 heteroatoms. The molecule has 0 radical (unpaired) electrons. The van der Waals surface area contributed by atoms with Crippen molar-refractivity contribution < 1.29 is 8.42 Å². The van der Waals surface area contributed by atoms with Gasteiger partial charge in [0.25, 0.3) is 0 Å². The Labute approximate surface area is 190 Å². The fraction of sp³-hybridized carbons (Fsp3) is 0.227. The van der Waals surface area contributed by atoms with Crippen LogP contribution in [0.4, 0.5) is 5.69 Å². The Kier molecular flexibility index (Phi) is 4.84. The molecule has 0 aromatic carbocycles. The van der Waals surface area contributed by atoms with E-state index in [0.717, 1.165) is 22.7 Å². The lowest BCUT2D eigenvalue weighted by Gasteiger charge is -2.47. The van der Waals surface area contributed by atoms with Crippen LogP contribution >= 0.6 is 0 Å². The van der Waals surface area contributed by atoms with Gasteiger partial charge in [-0.1, -0.05) is 0 Å². The van der Waals surface area contributed by atoms with Gasteiger partial charge in [-0.3, -0.25) is 14.6 Å². The second-order valence-electron chi connectivity index (χ2n) is 8.17. The highest BCUT2D eigenvalue weighted by molar-refractivity contribution is 7.88. The second-order valence-corrected chi connectivity index (χ2v) is 10.2. The summed E-state index contributed by atoms with van der Waals surface area (Å²) in [6.45, 7) is 0.399. The molecule has 5 heterocycles. The zero-order valence-corrected chi connectivity index (χ0v) is 18.6. The first-order valence-corrected chi connectivity index (χ1v) is 12.0. The summed E-state index contributed by atoms with van der Waals surface area (Å²) in [5, 5.41) is 14.9. The molecule has 33 heavy (non-hydrogen) atoms. The standard InChI is InChI=1S/C22H20N8O2S/c1-33(31,32)29-13-22(14-29,5-6-23)30-8-4-18(28-30)21-17-3-2-7-26-20(17)10-19(27-21)15-9-16(24)12-25-11-15/h2-4,7-12H,5,13-14,24H2,1H3. The van der Waals surface area contributed by atoms with Crippen LogP contribution in [0.15, 0.2) is 55.1 Å². The lowest BCUT2D eigenvalue weighted by atomic mass is 9.89. The fourth-order valence-corrected chi connectivity index (χ4v) is 5.01. The van der Waals surface area contributed by atoms with E-state index in [1.54, 1.807) is 35.5 Å². The highest BCUT2D eigenvalue weighted by Crippen LogP contribution is 2.35. The van der Waals surface area contributed by atoms with Crippen LogP contribution in [-0.4, -0.2) is 56.8 Å². The minimum Gasteiger partial charge on any atom is -0.397 e. The molecule has 1 saturated heterocycles. The normalized spacial score (nSPS) is 15.8. The molecule has 1 fully saturated rings. The van der Waals surface area contributed by atoms with E-state index in [0.29, 0.717) is 22.8 Å². The summed E-state index contributed by atoms with van der Waals surface area (Å²) in [6.07, 6.45) is 8.04. The van der Waals surface area contributed by atoms with Gasteiger partial charge < -0.3 is 5.73 Å². The molecule has 0 aliphatic carbocycles. The van der Waals surface area contributed by atoms with Crippen molar-refractivity contribution in [3.8, 4) is 28.7 Å². The number of nitrogen functional groups attached to an aromatic ring is 1. The number of aromatic nitrogens is 5. The quantitative estimate of drug-likeness (QED) is 0.476. The van der Waals surface area contributed by atoms with Crippen molar-refractivity contribution in [1.82, 2.24) is 29.0 Å². The van der Waals surface area contributed by atoms with Gasteiger partial charge in [0, 0.05) is 48.8 Å². The Hall–Kier alpha value is -3.88. The molecule has 0 saturated carbocycles. The predicted octanol–water partition coefficient (Wildman–Crippen LogP) is 2.02. The first-order valence-electron chi connectivity index (χ1n) is 10.1. The Morgan fingerprint density at radius 1 is 1.21 bits per heavy atom. The highest BCUT2D eigenvalue weighted by Gasteiger charge is 2.49. The molecular weight excluding hydrogens is 440 g/mol. The number of nitriles is 1. The van der Waals surface area contributed by atoms with Crippen LogP contribution in [-0.2, 0) is 15.6 Å². The molecule has 0 bridgehead atoms. The summed E-state index contributed by atoms with van der Waals surface area (Å²) in [5.74, 6) is 0. The lowest BCUT2D eigenvalue weighted by Crippen LogP contribution is -2.63. The SMILES string of the molecule is CS(=O)(=O)N1CC(CC#N)(n2ccc(-c3nc(-c4cncc(N)c4)cc4ncccc34)n2)C1. The summed E-state index contributed by atoms with van der Waals surface area (Å²) < 4.78 is 26.8. The summed E-state index contributed by atoms with van der Waals surface area (Å²) in [4.78, 5) is 13.5. The molecule has 2 N–H and O–H groups in total. The smallest absolute Gasteiger partial charge is 0.211 e. The average Bonchev–Trinajstić information content (AvgIpc) is 3.24. The van der Waals surface area contributed by atoms with E-state index in [-0.39, 0.29) is 19.5 Å². The minimum absolute atomic E-state index is 0.144. The van der Waals surface area contributed by atoms with Gasteiger partial charge in [0.05, 0.1) is 35.6 Å². The average molecular weight is 461 g/mol. The van der Waals surface area contributed by atoms with Crippen LogP contribution in [0.25, 0.3) is 33.5 Å². The van der Waals surface area contributed by atoms with E-state index >= 15 is 0 Å². The van der Waals surface area contributed by atoms with Gasteiger partial charge in [0.1, 0.15) is 16.9 Å². The van der Waals surface area contributed by atoms with E-state index in [9.17, 15) is 13.7 Å². The second kappa shape index (κ2) is 7.61. The Bertz CT molecular complexity index is 1520. The Morgan fingerprint density at radius 2 is 2.03 bits per heavy atom. The molecule has 4 aromatic rings. The summed E-state index contributed by atoms with van der Waals surface area (Å²) >= 11 is 0. The number of pyridine rings is 3. The van der Waals surface area contributed by atoms with Crippen molar-refractivity contribution >= 4 is 26.6 Å². The van der Waals surface area contributed by atoms with Crippen LogP contribution in [0, 0.1) is 11.3 Å². The molecule has 10 nitrogen and oxygen atoms in total. The third kappa shape index (κ3) is 3.69. The maximum Gasteiger partial charge on any atom is 0.211 e. The van der Waals surface area contributed by atoms with Crippen molar-refractivity contribution in [2.45, 2.75) is 12.0 Å². The minimum atomic E-state index is -3.33. The maximum atomic E-state index is 11.9. The van der Waals surface area contributed by atoms with Crippen molar-refractivity contribution in [2.75, 3.05) is 25.1 Å². The molecule has 1 aliphatic rings. The molecule has 4 aromatic heterocycles. The van der Waals surface area contributed by atoms with Gasteiger partial charge in [0.15, 0.2) is 0 Å². The lowest BCUT2D eigenvalue weighted by molar-refractivity contribution is 0.0726. The van der Waals surface area contributed by atoms with E-state index in [4.69, 9.17) is 15.8 Å². The first kappa shape index (κ1) is 21.0. The first-order chi connectivity index (χ1) is 15.8. The highest BCUT2D eigenvalue weighted by atomic mass is 32.2. The molecule has 166 valence electrons. The molecule has 0 spiro atoms. The van der Waals surface area contributed by atoms with Gasteiger partial charge in [-0.2, -0.15) is 14.7 Å². The summed E-state index contributed by atoms with van der Waals surface area (Å²) in [7, 11) is -3.33. The topological polar surface area (TPSA) is 144 Å². The monoisotopic (exact) mass is 460 g/mol. The van der Waals surface area contributed by atoms with Crippen molar-refractivity contribution in [3.63, 3.8) is 0 Å². The zero-order chi connectivity index (χ0) is 23.2. The van der Waals surface area contributed by atoms with Crippen molar-refractivity contribution in [3.05, 3.63) is 55.1 Å². The van der Waals surface area contributed by atoms with Crippen molar-refractivity contribution in [1.29, 1.82) is 5.26 Å². The summed E-state index contributed by atoms with van der Waals surface area (Å²) in [5.41, 5.74) is 9.11. The predicted molar refractivity (Wildman–Crippen MR) is 123 cm³/mol. The van der Waals surface area contributed by atoms with Gasteiger partial charge >= 0.3 is 0 Å². The van der Waals surface area contributed by atoms with E-state index < -0.39 is 15.6 Å².